The van der Waals surface area contributed by atoms with E-state index in [4.69, 9.17) is 15.2 Å². The molecule has 0 aliphatic carbocycles. The normalized spacial score (nSPS) is 28.4. The molecule has 1 aliphatic heterocycles. The Labute approximate surface area is 105 Å². The van der Waals surface area contributed by atoms with E-state index in [0.29, 0.717) is 18.3 Å². The van der Waals surface area contributed by atoms with E-state index >= 15 is 0 Å². The number of methoxy groups -OCH3 is 2. The van der Waals surface area contributed by atoms with Gasteiger partial charge in [-0.05, 0) is 6.07 Å². The minimum Gasteiger partial charge on any atom is -0.384 e. The minimum absolute atomic E-state index is 0.168. The molecule has 1 fully saturated rings. The highest BCUT2D eigenvalue weighted by atomic mass is 19.1. The van der Waals surface area contributed by atoms with E-state index in [9.17, 15) is 4.39 Å². The zero-order valence-corrected chi connectivity index (χ0v) is 10.4. The van der Waals surface area contributed by atoms with E-state index in [2.05, 4.69) is 9.97 Å². The Balaban J connectivity index is 2.16. The monoisotopic (exact) mass is 256 g/mol. The van der Waals surface area contributed by atoms with Crippen molar-refractivity contribution < 1.29 is 13.9 Å². The maximum absolute atomic E-state index is 14.0. The molecule has 0 unspecified atom stereocenters. The number of piperidine rings is 1. The van der Waals surface area contributed by atoms with E-state index in [0.717, 1.165) is 0 Å². The van der Waals surface area contributed by atoms with Gasteiger partial charge < -0.3 is 20.1 Å². The summed E-state index contributed by atoms with van der Waals surface area (Å²) in [5.41, 5.74) is 5.59. The molecule has 1 saturated heterocycles. The summed E-state index contributed by atoms with van der Waals surface area (Å²) in [6.45, 7) is 0.640. The summed E-state index contributed by atoms with van der Waals surface area (Å²) in [5.74, 6) is 0.771. The zero-order chi connectivity index (χ0) is 13.1. The number of halogens is 1. The summed E-state index contributed by atoms with van der Waals surface area (Å²) >= 11 is 0. The second-order valence-corrected chi connectivity index (χ2v) is 4.18. The molecule has 2 rings (SSSR count). The molecule has 0 radical (unpaired) electrons. The molecule has 7 heteroatoms. The highest BCUT2D eigenvalue weighted by molar-refractivity contribution is 5.38. The standard InChI is InChI=1S/C11H17FN4O2/c1-17-8-6-16(5-7(12)10(8)18-2)11-14-4-3-9(13)15-11/h3-4,7-8,10H,5-6H2,1-2H3,(H2,13,14,15)/t7-,8+,10-/m0/s1. The maximum atomic E-state index is 14.0. The molecule has 2 N–H and O–H groups in total. The number of nitrogens with two attached hydrogens (primary N) is 1. The summed E-state index contributed by atoms with van der Waals surface area (Å²) < 4.78 is 24.4. The molecule has 0 amide bonds. The van der Waals surface area contributed by atoms with Crippen LogP contribution in [-0.4, -0.2) is 55.7 Å². The fraction of sp³-hybridized carbons (Fsp3) is 0.636. The number of nitrogen functional groups attached to an aromatic ring is 1. The molecule has 3 atom stereocenters. The summed E-state index contributed by atoms with van der Waals surface area (Å²) in [6.07, 6.45) is -0.524. The minimum atomic E-state index is -1.15. The lowest BCUT2D eigenvalue weighted by Crippen LogP contribution is -2.55. The first-order valence-corrected chi connectivity index (χ1v) is 5.69. The van der Waals surface area contributed by atoms with Crippen LogP contribution in [0.2, 0.25) is 0 Å². The Hall–Kier alpha value is -1.47. The molecule has 18 heavy (non-hydrogen) atoms. The number of hydrogen-bond donors (Lipinski definition) is 1. The SMILES string of the molecule is CO[C@H]1[C@@H](F)CN(c2nccc(N)n2)C[C@H]1OC. The molecular weight excluding hydrogens is 239 g/mol. The molecule has 0 bridgehead atoms. The number of rotatable bonds is 3. The van der Waals surface area contributed by atoms with Crippen LogP contribution in [0.15, 0.2) is 12.3 Å². The Morgan fingerprint density at radius 1 is 1.39 bits per heavy atom. The van der Waals surface area contributed by atoms with Crippen molar-refractivity contribution in [1.82, 2.24) is 9.97 Å². The van der Waals surface area contributed by atoms with Gasteiger partial charge in [0.15, 0.2) is 0 Å². The Morgan fingerprint density at radius 3 is 2.78 bits per heavy atom. The second kappa shape index (κ2) is 5.45. The van der Waals surface area contributed by atoms with Crippen LogP contribution >= 0.6 is 0 Å². The van der Waals surface area contributed by atoms with Crippen LogP contribution in [0.5, 0.6) is 0 Å². The van der Waals surface area contributed by atoms with Crippen LogP contribution in [0.3, 0.4) is 0 Å². The predicted octanol–water partition coefficient (Wildman–Crippen LogP) is 0.247. The molecular formula is C11H17FN4O2. The van der Waals surface area contributed by atoms with Gasteiger partial charge in [0.05, 0.1) is 6.54 Å². The van der Waals surface area contributed by atoms with Gasteiger partial charge >= 0.3 is 0 Å². The lowest BCUT2D eigenvalue weighted by atomic mass is 10.0. The Morgan fingerprint density at radius 2 is 2.17 bits per heavy atom. The predicted molar refractivity (Wildman–Crippen MR) is 65.1 cm³/mol. The number of aromatic nitrogens is 2. The number of ether oxygens (including phenoxy) is 2. The third-order valence-corrected chi connectivity index (χ3v) is 3.04. The Bertz CT molecular complexity index is 406. The van der Waals surface area contributed by atoms with Gasteiger partial charge in [0.25, 0.3) is 0 Å². The maximum Gasteiger partial charge on any atom is 0.227 e. The van der Waals surface area contributed by atoms with Gasteiger partial charge in [0.1, 0.15) is 24.2 Å². The molecule has 100 valence electrons. The van der Waals surface area contributed by atoms with Crippen molar-refractivity contribution >= 4 is 11.8 Å². The van der Waals surface area contributed by atoms with Crippen molar-refractivity contribution in [3.05, 3.63) is 12.3 Å². The zero-order valence-electron chi connectivity index (χ0n) is 10.4. The lowest BCUT2D eigenvalue weighted by Gasteiger charge is -2.39. The number of anilines is 2. The average Bonchev–Trinajstić information content (AvgIpc) is 2.37. The lowest BCUT2D eigenvalue weighted by molar-refractivity contribution is -0.0794. The smallest absolute Gasteiger partial charge is 0.227 e. The third-order valence-electron chi connectivity index (χ3n) is 3.04. The van der Waals surface area contributed by atoms with E-state index in [1.165, 1.54) is 14.2 Å². The quantitative estimate of drug-likeness (QED) is 0.835. The summed E-state index contributed by atoms with van der Waals surface area (Å²) in [5, 5.41) is 0. The molecule has 0 aromatic carbocycles. The van der Waals surface area contributed by atoms with Crippen LogP contribution in [0.25, 0.3) is 0 Å². The first-order valence-electron chi connectivity index (χ1n) is 5.69. The summed E-state index contributed by atoms with van der Waals surface area (Å²) in [6, 6.07) is 1.59. The van der Waals surface area contributed by atoms with Crippen molar-refractivity contribution in [1.29, 1.82) is 0 Å². The van der Waals surface area contributed by atoms with Gasteiger partial charge in [-0.25, -0.2) is 9.37 Å². The van der Waals surface area contributed by atoms with Crippen LogP contribution < -0.4 is 10.6 Å². The molecule has 1 aromatic rings. The van der Waals surface area contributed by atoms with E-state index in [1.807, 2.05) is 0 Å². The van der Waals surface area contributed by atoms with E-state index in [1.54, 1.807) is 17.2 Å². The topological polar surface area (TPSA) is 73.5 Å². The highest BCUT2D eigenvalue weighted by Crippen LogP contribution is 2.22. The van der Waals surface area contributed by atoms with Crippen molar-refractivity contribution in [2.75, 3.05) is 37.9 Å². The molecule has 0 saturated carbocycles. The van der Waals surface area contributed by atoms with Crippen LogP contribution in [0, 0.1) is 0 Å². The molecule has 1 aliphatic rings. The first-order chi connectivity index (χ1) is 8.65. The van der Waals surface area contributed by atoms with Crippen molar-refractivity contribution in [2.24, 2.45) is 0 Å². The molecule has 1 aromatic heterocycles. The van der Waals surface area contributed by atoms with Gasteiger partial charge in [-0.3, -0.25) is 0 Å². The highest BCUT2D eigenvalue weighted by Gasteiger charge is 2.38. The van der Waals surface area contributed by atoms with E-state index < -0.39 is 12.3 Å². The number of hydrogen-bond acceptors (Lipinski definition) is 6. The van der Waals surface area contributed by atoms with Crippen LogP contribution in [0.1, 0.15) is 0 Å². The van der Waals surface area contributed by atoms with Gasteiger partial charge in [-0.2, -0.15) is 4.98 Å². The molecule has 6 nitrogen and oxygen atoms in total. The fourth-order valence-electron chi connectivity index (χ4n) is 2.13. The van der Waals surface area contributed by atoms with Gasteiger partial charge in [0, 0.05) is 27.0 Å². The Kier molecular flexibility index (Phi) is 3.93. The molecule has 2 heterocycles. The van der Waals surface area contributed by atoms with Crippen LogP contribution in [-0.2, 0) is 9.47 Å². The van der Waals surface area contributed by atoms with Crippen LogP contribution in [0.4, 0.5) is 16.2 Å². The van der Waals surface area contributed by atoms with E-state index in [-0.39, 0.29) is 12.6 Å². The van der Waals surface area contributed by atoms with Crippen molar-refractivity contribution in [3.8, 4) is 0 Å². The van der Waals surface area contributed by atoms with Crippen molar-refractivity contribution in [3.63, 3.8) is 0 Å². The second-order valence-electron chi connectivity index (χ2n) is 4.18. The molecule has 0 spiro atoms. The van der Waals surface area contributed by atoms with Gasteiger partial charge in [0.2, 0.25) is 5.95 Å². The largest absolute Gasteiger partial charge is 0.384 e. The third kappa shape index (κ3) is 2.51. The van der Waals surface area contributed by atoms with Crippen molar-refractivity contribution in [2.45, 2.75) is 18.4 Å². The van der Waals surface area contributed by atoms with Gasteiger partial charge in [-0.15, -0.1) is 0 Å². The first kappa shape index (κ1) is 13.0. The average molecular weight is 256 g/mol. The summed E-state index contributed by atoms with van der Waals surface area (Å²) in [4.78, 5) is 9.88. The number of nitrogens with zero attached hydrogens (tertiary/aromatic N) is 3. The summed E-state index contributed by atoms with van der Waals surface area (Å²) in [7, 11) is 3.02. The number of alkyl halides is 1. The fourth-order valence-corrected chi connectivity index (χ4v) is 2.13. The van der Waals surface area contributed by atoms with Gasteiger partial charge in [-0.1, -0.05) is 0 Å².